The normalized spacial score (nSPS) is 10.6. The van der Waals surface area contributed by atoms with Crippen molar-refractivity contribution in [3.05, 3.63) is 94.0 Å². The highest BCUT2D eigenvalue weighted by atomic mass is 35.5. The Hall–Kier alpha value is -2.42. The van der Waals surface area contributed by atoms with Crippen LogP contribution in [-0.2, 0) is 0 Å². The summed E-state index contributed by atoms with van der Waals surface area (Å²) in [5.74, 6) is -0.400. The van der Waals surface area contributed by atoms with Gasteiger partial charge in [0.25, 0.3) is 0 Å². The summed E-state index contributed by atoms with van der Waals surface area (Å²) in [6.45, 7) is 6.89. The van der Waals surface area contributed by atoms with Gasteiger partial charge in [-0.05, 0) is 29.3 Å². The van der Waals surface area contributed by atoms with Gasteiger partial charge in [0.05, 0.1) is 10.0 Å². The van der Waals surface area contributed by atoms with E-state index < -0.39 is 0 Å². The van der Waals surface area contributed by atoms with Gasteiger partial charge in [-0.2, -0.15) is 0 Å². The Bertz CT molecular complexity index is 847. The van der Waals surface area contributed by atoms with Gasteiger partial charge < -0.3 is 0 Å². The third-order valence-electron chi connectivity index (χ3n) is 3.40. The smallest absolute Gasteiger partial charge is 0.186 e. The predicted molar refractivity (Wildman–Crippen MR) is 101 cm³/mol. The van der Waals surface area contributed by atoms with Crippen molar-refractivity contribution in [2.24, 2.45) is 0 Å². The second-order valence-electron chi connectivity index (χ2n) is 4.92. The van der Waals surface area contributed by atoms with E-state index in [1.807, 2.05) is 18.2 Å². The van der Waals surface area contributed by atoms with E-state index in [0.717, 1.165) is 5.56 Å². The average Bonchev–Trinajstić information content (AvgIpc) is 2.62. The summed E-state index contributed by atoms with van der Waals surface area (Å²) in [4.78, 5) is 23.2. The summed E-state index contributed by atoms with van der Waals surface area (Å²) < 4.78 is 0. The number of rotatable bonds is 6. The molecular weight excluding hydrogens is 343 g/mol. The van der Waals surface area contributed by atoms with Crippen molar-refractivity contribution in [3.8, 4) is 0 Å². The summed E-state index contributed by atoms with van der Waals surface area (Å²) in [7, 11) is 0. The molecular formula is C20H14Cl2O2. The van der Waals surface area contributed by atoms with Crippen LogP contribution in [0.5, 0.6) is 0 Å². The molecule has 0 saturated carbocycles. The number of allylic oxidation sites excluding steroid dienone is 2. The summed E-state index contributed by atoms with van der Waals surface area (Å²) in [5, 5.41) is 0.509. The summed E-state index contributed by atoms with van der Waals surface area (Å²) >= 11 is 12.4. The van der Waals surface area contributed by atoms with E-state index in [9.17, 15) is 9.59 Å². The van der Waals surface area contributed by atoms with Crippen LogP contribution in [0.3, 0.4) is 0 Å². The van der Waals surface area contributed by atoms with Crippen LogP contribution in [-0.4, -0.2) is 11.6 Å². The highest BCUT2D eigenvalue weighted by Gasteiger charge is 2.12. The maximum atomic E-state index is 11.7. The number of halogens is 2. The van der Waals surface area contributed by atoms with E-state index in [-0.39, 0.29) is 16.6 Å². The Morgan fingerprint density at radius 2 is 1.42 bits per heavy atom. The molecule has 0 N–H and O–H groups in total. The van der Waals surface area contributed by atoms with E-state index in [2.05, 4.69) is 13.2 Å². The fourth-order valence-electron chi connectivity index (χ4n) is 2.06. The van der Waals surface area contributed by atoms with Gasteiger partial charge >= 0.3 is 0 Å². The van der Waals surface area contributed by atoms with Crippen molar-refractivity contribution in [1.82, 2.24) is 0 Å². The Morgan fingerprint density at radius 3 is 2.00 bits per heavy atom. The molecule has 0 radical (unpaired) electrons. The average molecular weight is 357 g/mol. The Kier molecular flexibility index (Phi) is 5.91. The molecule has 0 unspecified atom stereocenters. The third kappa shape index (κ3) is 3.91. The molecule has 2 aromatic carbocycles. The first kappa shape index (κ1) is 17.9. The third-order valence-corrected chi connectivity index (χ3v) is 4.30. The first-order valence-electron chi connectivity index (χ1n) is 7.07. The van der Waals surface area contributed by atoms with Gasteiger partial charge in [0.2, 0.25) is 0 Å². The molecule has 0 bridgehead atoms. The van der Waals surface area contributed by atoms with Crippen LogP contribution in [0.15, 0.2) is 61.7 Å². The number of carbonyl (C=O) groups is 2. The molecule has 0 aliphatic carbocycles. The lowest BCUT2D eigenvalue weighted by molar-refractivity contribution is 0.103. The fraction of sp³-hybridized carbons (Fsp3) is 0. The molecule has 0 atom stereocenters. The molecule has 24 heavy (non-hydrogen) atoms. The monoisotopic (exact) mass is 356 g/mol. The topological polar surface area (TPSA) is 34.1 Å². The molecule has 2 aromatic rings. The van der Waals surface area contributed by atoms with E-state index >= 15 is 0 Å². The van der Waals surface area contributed by atoms with Gasteiger partial charge in [0, 0.05) is 11.1 Å². The molecule has 0 saturated heterocycles. The Balaban J connectivity index is 2.27. The minimum Gasteiger partial charge on any atom is -0.289 e. The van der Waals surface area contributed by atoms with Crippen molar-refractivity contribution < 1.29 is 9.59 Å². The zero-order valence-corrected chi connectivity index (χ0v) is 14.3. The molecule has 4 heteroatoms. The van der Waals surface area contributed by atoms with E-state index in [4.69, 9.17) is 23.2 Å². The lowest BCUT2D eigenvalue weighted by atomic mass is 10.1. The molecule has 0 fully saturated rings. The van der Waals surface area contributed by atoms with E-state index in [1.54, 1.807) is 30.3 Å². The van der Waals surface area contributed by atoms with Gasteiger partial charge in [0.15, 0.2) is 11.6 Å². The molecule has 120 valence electrons. The highest BCUT2D eigenvalue weighted by molar-refractivity contribution is 6.45. The minimum atomic E-state index is -0.278. The van der Waals surface area contributed by atoms with Crippen LogP contribution in [0.2, 0.25) is 10.0 Å². The van der Waals surface area contributed by atoms with Gasteiger partial charge in [-0.3, -0.25) is 9.59 Å². The number of benzene rings is 2. The zero-order valence-electron chi connectivity index (χ0n) is 12.8. The highest BCUT2D eigenvalue weighted by Crippen LogP contribution is 2.31. The maximum Gasteiger partial charge on any atom is 0.186 e. The van der Waals surface area contributed by atoms with Crippen molar-refractivity contribution in [2.75, 3.05) is 0 Å². The van der Waals surface area contributed by atoms with Crippen LogP contribution >= 0.6 is 23.2 Å². The molecule has 0 aliphatic heterocycles. The summed E-state index contributed by atoms with van der Waals surface area (Å²) in [5.41, 5.74) is 2.49. The Labute approximate surface area is 150 Å². The maximum absolute atomic E-state index is 11.7. The largest absolute Gasteiger partial charge is 0.289 e. The second kappa shape index (κ2) is 7.91. The van der Waals surface area contributed by atoms with E-state index in [0.29, 0.717) is 21.7 Å². The van der Waals surface area contributed by atoms with Crippen molar-refractivity contribution in [1.29, 1.82) is 0 Å². The van der Waals surface area contributed by atoms with Gasteiger partial charge in [-0.15, -0.1) is 0 Å². The van der Waals surface area contributed by atoms with Crippen LogP contribution < -0.4 is 0 Å². The molecule has 2 nitrogen and oxygen atoms in total. The number of ketones is 2. The van der Waals surface area contributed by atoms with Crippen molar-refractivity contribution in [2.45, 2.75) is 0 Å². The lowest BCUT2D eigenvalue weighted by Crippen LogP contribution is -1.96. The van der Waals surface area contributed by atoms with Crippen molar-refractivity contribution in [3.63, 3.8) is 0 Å². The second-order valence-corrected chi connectivity index (χ2v) is 5.68. The van der Waals surface area contributed by atoms with Gasteiger partial charge in [-0.25, -0.2) is 0 Å². The molecule has 0 aromatic heterocycles. The molecule has 0 spiro atoms. The van der Waals surface area contributed by atoms with Gasteiger partial charge in [-0.1, -0.05) is 78.8 Å². The molecule has 0 heterocycles. The first-order valence-corrected chi connectivity index (χ1v) is 7.83. The number of carbonyl (C=O) groups excluding carboxylic acids is 2. The standard InChI is InChI=1S/C20H14Cl2O2/c1-3-17(23)14-8-5-13(6-9-14)7-10-15-11-12-16(18(24)4-2)20(22)19(15)21/h3-12H,1-2H2. The van der Waals surface area contributed by atoms with Crippen LogP contribution in [0.1, 0.15) is 31.8 Å². The van der Waals surface area contributed by atoms with Gasteiger partial charge in [0.1, 0.15) is 0 Å². The van der Waals surface area contributed by atoms with Crippen LogP contribution in [0, 0.1) is 0 Å². The summed E-state index contributed by atoms with van der Waals surface area (Å²) in [6, 6.07) is 10.4. The SMILES string of the molecule is C=CC(=O)c1ccc(C=Cc2ccc(C(=O)C=C)c(Cl)c2Cl)cc1. The van der Waals surface area contributed by atoms with Crippen LogP contribution in [0.4, 0.5) is 0 Å². The first-order chi connectivity index (χ1) is 11.5. The van der Waals surface area contributed by atoms with E-state index in [1.165, 1.54) is 12.2 Å². The number of hydrogen-bond donors (Lipinski definition) is 0. The molecule has 0 amide bonds. The van der Waals surface area contributed by atoms with Crippen molar-refractivity contribution >= 4 is 46.9 Å². The molecule has 2 rings (SSSR count). The quantitative estimate of drug-likeness (QED) is 0.366. The predicted octanol–water partition coefficient (Wildman–Crippen LogP) is 5.90. The molecule has 0 aliphatic rings. The van der Waals surface area contributed by atoms with Crippen LogP contribution in [0.25, 0.3) is 12.2 Å². The Morgan fingerprint density at radius 1 is 0.792 bits per heavy atom. The minimum absolute atomic E-state index is 0.122. The zero-order chi connectivity index (χ0) is 17.7. The lowest BCUT2D eigenvalue weighted by Gasteiger charge is -2.06. The fourth-order valence-corrected chi connectivity index (χ4v) is 2.55. The summed E-state index contributed by atoms with van der Waals surface area (Å²) in [6.07, 6.45) is 6.10. The number of hydrogen-bond acceptors (Lipinski definition) is 2.